The molecule has 0 saturated heterocycles. The SMILES string of the molecule is C#C/C(P)=C(\C=C(C)C)N(C)C1CCN(N)/C(=C(/C)N)c2ccc(C3=CCN(C(C)C)CC3)cc21. The average molecular weight is 492 g/mol. The summed E-state index contributed by atoms with van der Waals surface area (Å²) in [5.74, 6) is 9.34. The minimum atomic E-state index is 0.0960. The van der Waals surface area contributed by atoms with Crippen LogP contribution in [0, 0.1) is 12.3 Å². The summed E-state index contributed by atoms with van der Waals surface area (Å²) in [4.78, 5) is 4.81. The van der Waals surface area contributed by atoms with Gasteiger partial charge in [0.15, 0.2) is 0 Å². The van der Waals surface area contributed by atoms with Crippen molar-refractivity contribution in [2.24, 2.45) is 11.6 Å². The number of terminal acetylenes is 1. The molecule has 1 aromatic carbocycles. The van der Waals surface area contributed by atoms with E-state index < -0.39 is 0 Å². The van der Waals surface area contributed by atoms with Crippen molar-refractivity contribution in [3.05, 3.63) is 69.3 Å². The van der Waals surface area contributed by atoms with Crippen molar-refractivity contribution in [2.75, 3.05) is 26.7 Å². The highest BCUT2D eigenvalue weighted by Gasteiger charge is 2.30. The van der Waals surface area contributed by atoms with Gasteiger partial charge in [-0.1, -0.05) is 38.9 Å². The smallest absolute Gasteiger partial charge is 0.0777 e. The lowest BCUT2D eigenvalue weighted by molar-refractivity contribution is 0.245. The van der Waals surface area contributed by atoms with Crippen molar-refractivity contribution < 1.29 is 0 Å². The highest BCUT2D eigenvalue weighted by molar-refractivity contribution is 7.23. The molecule has 1 aromatic rings. The van der Waals surface area contributed by atoms with Gasteiger partial charge < -0.3 is 15.6 Å². The summed E-state index contributed by atoms with van der Waals surface area (Å²) in [5.41, 5.74) is 15.2. The zero-order valence-corrected chi connectivity index (χ0v) is 23.4. The van der Waals surface area contributed by atoms with Crippen LogP contribution in [-0.2, 0) is 0 Å². The van der Waals surface area contributed by atoms with Crippen LogP contribution in [0.2, 0.25) is 0 Å². The molecule has 3 rings (SSSR count). The fourth-order valence-corrected chi connectivity index (χ4v) is 5.37. The first-order chi connectivity index (χ1) is 16.5. The van der Waals surface area contributed by atoms with E-state index in [2.05, 4.69) is 90.1 Å². The number of likely N-dealkylation sites (N-methyl/N-ethyl adjacent to an activating group) is 1. The van der Waals surface area contributed by atoms with Crippen LogP contribution in [0.5, 0.6) is 0 Å². The van der Waals surface area contributed by atoms with E-state index in [0.29, 0.717) is 12.6 Å². The monoisotopic (exact) mass is 491 g/mol. The molecule has 188 valence electrons. The first kappa shape index (κ1) is 27.1. The molecular formula is C29H42N5P. The van der Waals surface area contributed by atoms with E-state index in [4.69, 9.17) is 18.0 Å². The van der Waals surface area contributed by atoms with Crippen LogP contribution in [0.25, 0.3) is 11.3 Å². The summed E-state index contributed by atoms with van der Waals surface area (Å²) >= 11 is 0. The van der Waals surface area contributed by atoms with Crippen molar-refractivity contribution in [1.29, 1.82) is 0 Å². The van der Waals surface area contributed by atoms with Gasteiger partial charge in [0.1, 0.15) is 0 Å². The third kappa shape index (κ3) is 6.01. The molecule has 4 N–H and O–H groups in total. The van der Waals surface area contributed by atoms with Gasteiger partial charge in [-0.2, -0.15) is 0 Å². The van der Waals surface area contributed by atoms with Gasteiger partial charge >= 0.3 is 0 Å². The fourth-order valence-electron chi connectivity index (χ4n) is 5.08. The molecule has 2 aliphatic heterocycles. The van der Waals surface area contributed by atoms with Gasteiger partial charge in [-0.15, -0.1) is 6.42 Å². The highest BCUT2D eigenvalue weighted by Crippen LogP contribution is 2.40. The van der Waals surface area contributed by atoms with Crippen molar-refractivity contribution >= 4 is 20.5 Å². The van der Waals surface area contributed by atoms with E-state index in [1.54, 1.807) is 5.01 Å². The molecule has 2 atom stereocenters. The summed E-state index contributed by atoms with van der Waals surface area (Å²) in [7, 11) is 4.85. The largest absolute Gasteiger partial charge is 0.401 e. The predicted molar refractivity (Wildman–Crippen MR) is 154 cm³/mol. The van der Waals surface area contributed by atoms with Crippen LogP contribution in [0.4, 0.5) is 0 Å². The molecule has 0 aliphatic carbocycles. The number of allylic oxidation sites excluding steroid dienone is 4. The predicted octanol–water partition coefficient (Wildman–Crippen LogP) is 5.07. The van der Waals surface area contributed by atoms with Crippen LogP contribution < -0.4 is 11.6 Å². The molecule has 35 heavy (non-hydrogen) atoms. The minimum Gasteiger partial charge on any atom is -0.401 e. The van der Waals surface area contributed by atoms with Crippen molar-refractivity contribution in [2.45, 2.75) is 59.5 Å². The lowest BCUT2D eigenvalue weighted by Crippen LogP contribution is -2.34. The summed E-state index contributed by atoms with van der Waals surface area (Å²) in [6, 6.07) is 7.44. The normalized spacial score (nSPS) is 20.9. The molecule has 2 aliphatic rings. The summed E-state index contributed by atoms with van der Waals surface area (Å²) in [6.45, 7) is 13.4. The summed E-state index contributed by atoms with van der Waals surface area (Å²) in [5, 5.41) is 2.64. The number of fused-ring (bicyclic) bond motifs is 1. The molecule has 0 radical (unpaired) electrons. The van der Waals surface area contributed by atoms with Crippen molar-refractivity contribution in [1.82, 2.24) is 14.8 Å². The summed E-state index contributed by atoms with van der Waals surface area (Å²) < 4.78 is 0. The van der Waals surface area contributed by atoms with E-state index in [0.717, 1.165) is 53.9 Å². The van der Waals surface area contributed by atoms with Crippen LogP contribution >= 0.6 is 9.24 Å². The first-order valence-corrected chi connectivity index (χ1v) is 13.0. The minimum absolute atomic E-state index is 0.0960. The molecule has 2 unspecified atom stereocenters. The third-order valence-electron chi connectivity index (χ3n) is 7.02. The second-order valence-corrected chi connectivity index (χ2v) is 10.8. The van der Waals surface area contributed by atoms with Crippen LogP contribution in [0.15, 0.2) is 52.6 Å². The Kier molecular flexibility index (Phi) is 8.89. The Hall–Kier alpha value is -2.51. The van der Waals surface area contributed by atoms with Gasteiger partial charge in [-0.25, -0.2) is 5.84 Å². The van der Waals surface area contributed by atoms with E-state index in [9.17, 15) is 0 Å². The lowest BCUT2D eigenvalue weighted by atomic mass is 9.90. The number of nitrogens with zero attached hydrogens (tertiary/aromatic N) is 3. The topological polar surface area (TPSA) is 61.8 Å². The zero-order valence-electron chi connectivity index (χ0n) is 22.2. The second kappa shape index (κ2) is 11.5. The van der Waals surface area contributed by atoms with Gasteiger partial charge in [-0.3, -0.25) is 4.90 Å². The molecule has 0 amide bonds. The maximum absolute atomic E-state index is 6.52. The molecule has 0 spiro atoms. The first-order valence-electron chi connectivity index (χ1n) is 12.5. The van der Waals surface area contributed by atoms with Gasteiger partial charge in [-0.05, 0) is 76.3 Å². The molecule has 0 aromatic heterocycles. The number of benzene rings is 1. The second-order valence-electron chi connectivity index (χ2n) is 10.2. The molecule has 5 nitrogen and oxygen atoms in total. The van der Waals surface area contributed by atoms with E-state index in [1.807, 2.05) is 6.92 Å². The third-order valence-corrected chi connectivity index (χ3v) is 7.48. The standard InChI is InChI=1S/C29H42N5P/c1-8-28(35)27(17-19(2)3)32(7)26-13-16-34(31)29(21(6)30)24-10-9-23(18-25(24)26)22-11-14-33(15-12-22)20(4)5/h1,9-11,17-18,20,26H,12-16,30-31,35H2,2-7H3/b28-27-,29-21-. The van der Waals surface area contributed by atoms with E-state index in [-0.39, 0.29) is 6.04 Å². The maximum atomic E-state index is 6.52. The Balaban J connectivity index is 2.16. The zero-order chi connectivity index (χ0) is 25.9. The molecule has 0 saturated carbocycles. The Morgan fingerprint density at radius 3 is 2.51 bits per heavy atom. The highest BCUT2D eigenvalue weighted by atomic mass is 31.0. The van der Waals surface area contributed by atoms with E-state index >= 15 is 0 Å². The average Bonchev–Trinajstić information content (AvgIpc) is 2.96. The van der Waals surface area contributed by atoms with Crippen molar-refractivity contribution in [3.63, 3.8) is 0 Å². The van der Waals surface area contributed by atoms with Crippen molar-refractivity contribution in [3.8, 4) is 12.3 Å². The Morgan fingerprint density at radius 2 is 1.97 bits per heavy atom. The Labute approximate surface area is 214 Å². The number of hydrogen-bond donors (Lipinski definition) is 2. The number of nitrogens with two attached hydrogens (primary N) is 2. The van der Waals surface area contributed by atoms with Crippen LogP contribution in [0.3, 0.4) is 0 Å². The Morgan fingerprint density at radius 1 is 1.26 bits per heavy atom. The number of hydrazine groups is 1. The molecule has 6 heteroatoms. The number of rotatable bonds is 5. The summed E-state index contributed by atoms with van der Waals surface area (Å²) in [6.07, 6.45) is 12.3. The number of hydrogen-bond acceptors (Lipinski definition) is 5. The maximum Gasteiger partial charge on any atom is 0.0777 e. The molecule has 2 heterocycles. The van der Waals surface area contributed by atoms with Gasteiger partial charge in [0.05, 0.1) is 17.4 Å². The molecule has 0 fully saturated rings. The van der Waals surface area contributed by atoms with Crippen LogP contribution in [0.1, 0.15) is 70.2 Å². The van der Waals surface area contributed by atoms with Gasteiger partial charge in [0, 0.05) is 49.3 Å². The van der Waals surface area contributed by atoms with Gasteiger partial charge in [0.25, 0.3) is 0 Å². The molecule has 0 bridgehead atoms. The van der Waals surface area contributed by atoms with Crippen LogP contribution in [-0.4, -0.2) is 47.5 Å². The van der Waals surface area contributed by atoms with E-state index in [1.165, 1.54) is 22.3 Å². The quantitative estimate of drug-likeness (QED) is 0.261. The molecular weight excluding hydrogens is 449 g/mol. The van der Waals surface area contributed by atoms with Gasteiger partial charge in [0.2, 0.25) is 0 Å². The fraction of sp³-hybridized carbons (Fsp3) is 0.448. The Bertz CT molecular complexity index is 1110. The lowest BCUT2D eigenvalue weighted by Gasteiger charge is -2.33.